The van der Waals surface area contributed by atoms with E-state index in [0.717, 1.165) is 54.7 Å². The summed E-state index contributed by atoms with van der Waals surface area (Å²) in [5, 5.41) is 11.7. The van der Waals surface area contributed by atoms with Crippen molar-refractivity contribution in [3.8, 4) is 6.07 Å². The SMILES string of the molecule is CC.CCC1CCC(C(=O)Nc2cc[c-]c(C#N)c2)CC1.CCc1c(C)cc(N)cc1C(C)=O.[CH3-].[U+2]. The van der Waals surface area contributed by atoms with E-state index in [1.807, 2.05) is 39.8 Å². The van der Waals surface area contributed by atoms with Gasteiger partial charge in [0.25, 0.3) is 0 Å². The zero-order chi connectivity index (χ0) is 25.7. The van der Waals surface area contributed by atoms with Crippen LogP contribution in [-0.2, 0) is 11.2 Å². The number of benzene rings is 2. The molecule has 3 N–H and O–H groups in total. The van der Waals surface area contributed by atoms with Crippen molar-refractivity contribution in [2.45, 2.75) is 80.1 Å². The van der Waals surface area contributed by atoms with E-state index in [4.69, 9.17) is 11.0 Å². The minimum Gasteiger partial charge on any atom is -0.399 e. The van der Waals surface area contributed by atoms with Crippen LogP contribution in [0.1, 0.15) is 93.8 Å². The van der Waals surface area contributed by atoms with E-state index in [1.54, 1.807) is 31.2 Å². The Hall–Kier alpha value is -2.08. The molecule has 0 radical (unpaired) electrons. The molecule has 0 saturated heterocycles. The number of amides is 1. The van der Waals surface area contributed by atoms with Crippen LogP contribution in [-0.4, -0.2) is 11.7 Å². The topological polar surface area (TPSA) is 96.0 Å². The molecular weight excluding hydrogens is 672 g/mol. The van der Waals surface area contributed by atoms with Crippen molar-refractivity contribution in [3.63, 3.8) is 0 Å². The molecule has 0 bridgehead atoms. The van der Waals surface area contributed by atoms with Gasteiger partial charge in [-0.1, -0.05) is 39.7 Å². The van der Waals surface area contributed by atoms with Crippen LogP contribution >= 0.6 is 0 Å². The molecule has 0 atom stereocenters. The third-order valence-electron chi connectivity index (χ3n) is 6.21. The summed E-state index contributed by atoms with van der Waals surface area (Å²) in [5.41, 5.74) is 10.5. The summed E-state index contributed by atoms with van der Waals surface area (Å²) >= 11 is 0. The Bertz CT molecular complexity index is 990. The van der Waals surface area contributed by atoms with Crippen molar-refractivity contribution in [2.24, 2.45) is 11.8 Å². The average Bonchev–Trinajstić information content (AvgIpc) is 2.85. The number of nitrogens with two attached hydrogens (primary N) is 1. The summed E-state index contributed by atoms with van der Waals surface area (Å²) in [7, 11) is 0. The Labute approximate surface area is 243 Å². The molecule has 0 heterocycles. The van der Waals surface area contributed by atoms with E-state index in [1.165, 1.54) is 6.42 Å². The molecule has 1 amide bonds. The number of ketones is 1. The number of anilines is 2. The fourth-order valence-corrected chi connectivity index (χ4v) is 4.31. The predicted octanol–water partition coefficient (Wildman–Crippen LogP) is 7.33. The number of nitrogens with one attached hydrogen (secondary N) is 1. The summed E-state index contributed by atoms with van der Waals surface area (Å²) in [6.07, 6.45) is 6.36. The van der Waals surface area contributed by atoms with Gasteiger partial charge >= 0.3 is 31.1 Å². The second-order valence-corrected chi connectivity index (χ2v) is 8.49. The molecule has 0 aliphatic heterocycles. The number of nitrogens with zero attached hydrogens (tertiary/aromatic N) is 1. The number of hydrogen-bond acceptors (Lipinski definition) is 4. The van der Waals surface area contributed by atoms with Gasteiger partial charge in [0, 0.05) is 17.2 Å². The van der Waals surface area contributed by atoms with E-state index < -0.39 is 0 Å². The number of aryl methyl sites for hydroxylation is 1. The first-order chi connectivity index (χ1) is 16.3. The maximum atomic E-state index is 12.2. The molecule has 2 aromatic carbocycles. The van der Waals surface area contributed by atoms with E-state index in [-0.39, 0.29) is 56.1 Å². The van der Waals surface area contributed by atoms with Gasteiger partial charge in [-0.2, -0.15) is 0 Å². The largest absolute Gasteiger partial charge is 2.00 e. The average molecular weight is 716 g/mol. The van der Waals surface area contributed by atoms with Crippen molar-refractivity contribution < 1.29 is 40.7 Å². The fourth-order valence-electron chi connectivity index (χ4n) is 4.31. The second-order valence-electron chi connectivity index (χ2n) is 8.49. The van der Waals surface area contributed by atoms with Crippen LogP contribution in [0.3, 0.4) is 0 Å². The summed E-state index contributed by atoms with van der Waals surface area (Å²) in [6.45, 7) is 11.8. The molecule has 0 aromatic heterocycles. The minimum absolute atomic E-state index is 0. The van der Waals surface area contributed by atoms with Crippen molar-refractivity contribution in [1.29, 1.82) is 5.26 Å². The minimum atomic E-state index is 0. The Morgan fingerprint density at radius 3 is 2.25 bits per heavy atom. The maximum absolute atomic E-state index is 12.2. The smallest absolute Gasteiger partial charge is 0.399 e. The van der Waals surface area contributed by atoms with Crippen LogP contribution in [0.25, 0.3) is 0 Å². The van der Waals surface area contributed by atoms with Gasteiger partial charge in [-0.15, -0.1) is 24.3 Å². The number of nitriles is 1. The molecule has 3 rings (SSSR count). The third kappa shape index (κ3) is 11.3. The number of Topliss-reactive ketones (excluding diaryl/α,β-unsaturated/α-hetero) is 1. The van der Waals surface area contributed by atoms with E-state index in [2.05, 4.69) is 18.3 Å². The van der Waals surface area contributed by atoms with Gasteiger partial charge in [-0.05, 0) is 86.9 Å². The molecule has 0 unspecified atom stereocenters. The molecule has 1 aliphatic rings. The second kappa shape index (κ2) is 19.1. The third-order valence-corrected chi connectivity index (χ3v) is 6.21. The quantitative estimate of drug-likeness (QED) is 0.193. The maximum Gasteiger partial charge on any atom is 2.00 e. The Morgan fingerprint density at radius 2 is 1.75 bits per heavy atom. The first-order valence-electron chi connectivity index (χ1n) is 12.4. The van der Waals surface area contributed by atoms with Gasteiger partial charge in [-0.3, -0.25) is 14.9 Å². The van der Waals surface area contributed by atoms with Crippen LogP contribution in [0.5, 0.6) is 0 Å². The van der Waals surface area contributed by atoms with Crippen molar-refractivity contribution in [3.05, 3.63) is 66.1 Å². The first kappa shape index (κ1) is 36.1. The molecule has 1 saturated carbocycles. The van der Waals surface area contributed by atoms with E-state index in [0.29, 0.717) is 16.9 Å². The monoisotopic (exact) mass is 715 g/mol. The summed E-state index contributed by atoms with van der Waals surface area (Å²) in [4.78, 5) is 23.4. The van der Waals surface area contributed by atoms with Crippen LogP contribution in [0.4, 0.5) is 11.4 Å². The molecule has 0 spiro atoms. The Morgan fingerprint density at radius 1 is 1.14 bits per heavy atom. The Balaban J connectivity index is 0. The number of nitrogen functional groups attached to an aromatic ring is 1. The summed E-state index contributed by atoms with van der Waals surface area (Å²) < 4.78 is 0. The molecule has 1 fully saturated rings. The summed E-state index contributed by atoms with van der Waals surface area (Å²) in [6, 6.07) is 13.6. The van der Waals surface area contributed by atoms with Crippen molar-refractivity contribution >= 4 is 23.1 Å². The zero-order valence-electron chi connectivity index (χ0n) is 23.1. The van der Waals surface area contributed by atoms with Gasteiger partial charge in [0.15, 0.2) is 5.78 Å². The van der Waals surface area contributed by atoms with E-state index >= 15 is 0 Å². The number of carbonyl (C=O) groups excluding carboxylic acids is 2. The van der Waals surface area contributed by atoms with Gasteiger partial charge in [0.05, 0.1) is 0 Å². The fraction of sp³-hybridized carbons (Fsp3) is 0.467. The molecule has 36 heavy (non-hydrogen) atoms. The van der Waals surface area contributed by atoms with Crippen LogP contribution in [0, 0.1) is 74.7 Å². The van der Waals surface area contributed by atoms with Gasteiger partial charge in [0.2, 0.25) is 5.91 Å². The van der Waals surface area contributed by atoms with E-state index in [9.17, 15) is 9.59 Å². The van der Waals surface area contributed by atoms with Crippen LogP contribution in [0.2, 0.25) is 0 Å². The standard InChI is InChI=1S/C16H19N2O.C11H15NO.C2H6.CH3.U/c1-2-12-6-8-14(9-7-12)16(19)18-15-5-3-4-13(10-15)11-17;1-4-10-7(2)5-9(12)6-11(10)8(3)13;1-2;;/h3,5,10,12,14H,2,6-9H2,1H3,(H,18,19);5-6H,4,12H2,1-3H3;1-2H3;1H3;/q-1;;;-1;+2. The molecule has 2 aromatic rings. The van der Waals surface area contributed by atoms with Gasteiger partial charge in [-0.25, -0.2) is 0 Å². The first-order valence-corrected chi connectivity index (χ1v) is 12.4. The number of carbonyl (C=O) groups is 2. The van der Waals surface area contributed by atoms with Crippen LogP contribution in [0.15, 0.2) is 30.3 Å². The predicted molar refractivity (Wildman–Crippen MR) is 147 cm³/mol. The normalized spacial score (nSPS) is 15.7. The molecule has 6 heteroatoms. The van der Waals surface area contributed by atoms with Gasteiger partial charge < -0.3 is 18.5 Å². The van der Waals surface area contributed by atoms with Gasteiger partial charge in [0.1, 0.15) is 0 Å². The molecule has 194 valence electrons. The molecular formula is C30H43N3O2U. The number of hydrogen-bond donors (Lipinski definition) is 2. The van der Waals surface area contributed by atoms with Crippen molar-refractivity contribution in [2.75, 3.05) is 11.1 Å². The Kier molecular flexibility index (Phi) is 19.1. The molecule has 5 nitrogen and oxygen atoms in total. The van der Waals surface area contributed by atoms with Crippen molar-refractivity contribution in [1.82, 2.24) is 0 Å². The molecule has 1 aliphatic carbocycles. The van der Waals surface area contributed by atoms with Crippen LogP contribution < -0.4 is 11.1 Å². The summed E-state index contributed by atoms with van der Waals surface area (Å²) in [5.74, 6) is 1.09. The zero-order valence-corrected chi connectivity index (χ0v) is 27.3. The number of rotatable bonds is 5.